The van der Waals surface area contributed by atoms with Crippen LogP contribution in [0, 0.1) is 5.92 Å². The fourth-order valence-corrected chi connectivity index (χ4v) is 1.23. The highest BCUT2D eigenvalue weighted by Crippen LogP contribution is 2.06. The number of esters is 1. The molecule has 0 aliphatic rings. The summed E-state index contributed by atoms with van der Waals surface area (Å²) in [5.41, 5.74) is 0.654. The Morgan fingerprint density at radius 2 is 2.00 bits per heavy atom. The molecule has 0 saturated carbocycles. The molecule has 0 atom stereocenters. The Morgan fingerprint density at radius 3 is 2.53 bits per heavy atom. The van der Waals surface area contributed by atoms with Crippen molar-refractivity contribution >= 4 is 5.97 Å². The monoisotopic (exact) mass is 242 g/mol. The second-order valence-corrected chi connectivity index (χ2v) is 4.50. The van der Waals surface area contributed by atoms with Gasteiger partial charge in [0.25, 0.3) is 0 Å². The molecule has 0 fully saturated rings. The van der Waals surface area contributed by atoms with Crippen molar-refractivity contribution in [1.29, 1.82) is 0 Å². The molecular weight excluding hydrogens is 216 g/mol. The fourth-order valence-electron chi connectivity index (χ4n) is 1.23. The van der Waals surface area contributed by atoms with E-state index in [4.69, 9.17) is 9.47 Å². The third-order valence-electron chi connectivity index (χ3n) is 2.22. The Kier molecular flexibility index (Phi) is 9.83. The Bertz CT molecular complexity index is 232. The molecule has 0 bridgehead atoms. The van der Waals surface area contributed by atoms with Gasteiger partial charge in [0.1, 0.15) is 0 Å². The zero-order valence-electron chi connectivity index (χ0n) is 11.6. The Balaban J connectivity index is 4.23. The van der Waals surface area contributed by atoms with Crippen molar-refractivity contribution in [3.63, 3.8) is 0 Å². The third-order valence-corrected chi connectivity index (χ3v) is 2.22. The number of hydrogen-bond donors (Lipinski definition) is 0. The molecule has 0 spiro atoms. The van der Waals surface area contributed by atoms with Crippen LogP contribution in [0.25, 0.3) is 0 Å². The van der Waals surface area contributed by atoms with Crippen LogP contribution in [0.15, 0.2) is 11.6 Å². The van der Waals surface area contributed by atoms with Crippen LogP contribution in [0.4, 0.5) is 0 Å². The van der Waals surface area contributed by atoms with Gasteiger partial charge in [0.05, 0.1) is 18.8 Å². The van der Waals surface area contributed by atoms with E-state index in [2.05, 4.69) is 6.92 Å². The minimum Gasteiger partial charge on any atom is -0.462 e. The summed E-state index contributed by atoms with van der Waals surface area (Å²) in [4.78, 5) is 11.8. The Hall–Kier alpha value is -0.830. The van der Waals surface area contributed by atoms with Gasteiger partial charge in [-0.05, 0) is 19.3 Å². The number of unbranched alkanes of at least 4 members (excludes halogenated alkanes) is 2. The lowest BCUT2D eigenvalue weighted by atomic mass is 10.2. The lowest BCUT2D eigenvalue weighted by Crippen LogP contribution is -2.15. The van der Waals surface area contributed by atoms with E-state index in [-0.39, 0.29) is 5.97 Å². The van der Waals surface area contributed by atoms with Crippen molar-refractivity contribution in [2.45, 2.75) is 47.0 Å². The van der Waals surface area contributed by atoms with Gasteiger partial charge >= 0.3 is 5.97 Å². The van der Waals surface area contributed by atoms with Gasteiger partial charge in [-0.1, -0.05) is 39.7 Å². The van der Waals surface area contributed by atoms with Crippen molar-refractivity contribution in [3.8, 4) is 0 Å². The zero-order valence-corrected chi connectivity index (χ0v) is 11.6. The van der Waals surface area contributed by atoms with Crippen LogP contribution < -0.4 is 0 Å². The maximum Gasteiger partial charge on any atom is 0.336 e. The molecule has 0 rings (SSSR count). The highest BCUT2D eigenvalue weighted by molar-refractivity contribution is 5.88. The normalized spacial score (nSPS) is 11.9. The summed E-state index contributed by atoms with van der Waals surface area (Å²) in [6, 6.07) is 0. The first-order valence-electron chi connectivity index (χ1n) is 6.55. The minimum atomic E-state index is -0.233. The minimum absolute atomic E-state index is 0.233. The van der Waals surface area contributed by atoms with Gasteiger partial charge in [0.15, 0.2) is 0 Å². The zero-order chi connectivity index (χ0) is 13.1. The predicted molar refractivity (Wildman–Crippen MR) is 69.9 cm³/mol. The van der Waals surface area contributed by atoms with E-state index >= 15 is 0 Å². The van der Waals surface area contributed by atoms with Gasteiger partial charge in [-0.2, -0.15) is 0 Å². The van der Waals surface area contributed by atoms with Crippen LogP contribution in [0.2, 0.25) is 0 Å². The Labute approximate surface area is 105 Å². The maximum absolute atomic E-state index is 11.8. The number of rotatable bonds is 9. The van der Waals surface area contributed by atoms with E-state index in [1.165, 1.54) is 0 Å². The average Bonchev–Trinajstić information content (AvgIpc) is 2.30. The molecule has 100 valence electrons. The first kappa shape index (κ1) is 16.2. The van der Waals surface area contributed by atoms with E-state index in [0.717, 1.165) is 19.3 Å². The molecule has 0 aliphatic heterocycles. The van der Waals surface area contributed by atoms with Gasteiger partial charge in [-0.15, -0.1) is 0 Å². The second-order valence-electron chi connectivity index (χ2n) is 4.50. The highest BCUT2D eigenvalue weighted by Gasteiger charge is 2.11. The van der Waals surface area contributed by atoms with Crippen molar-refractivity contribution in [2.75, 3.05) is 19.8 Å². The molecule has 0 aliphatic carbocycles. The first-order chi connectivity index (χ1) is 8.11. The van der Waals surface area contributed by atoms with Crippen LogP contribution in [-0.4, -0.2) is 25.8 Å². The van der Waals surface area contributed by atoms with Gasteiger partial charge < -0.3 is 9.47 Å². The Morgan fingerprint density at radius 1 is 1.29 bits per heavy atom. The van der Waals surface area contributed by atoms with Crippen LogP contribution in [0.5, 0.6) is 0 Å². The molecule has 0 aromatic carbocycles. The second kappa shape index (κ2) is 10.3. The molecule has 17 heavy (non-hydrogen) atoms. The largest absolute Gasteiger partial charge is 0.462 e. The summed E-state index contributed by atoms with van der Waals surface area (Å²) >= 11 is 0. The van der Waals surface area contributed by atoms with Gasteiger partial charge in [-0.25, -0.2) is 4.79 Å². The molecule has 0 aromatic rings. The molecule has 0 aromatic heterocycles. The topological polar surface area (TPSA) is 35.5 Å². The van der Waals surface area contributed by atoms with E-state index in [9.17, 15) is 4.79 Å². The molecule has 0 saturated heterocycles. The summed E-state index contributed by atoms with van der Waals surface area (Å²) in [6.07, 6.45) is 5.07. The summed E-state index contributed by atoms with van der Waals surface area (Å²) in [7, 11) is 0. The van der Waals surface area contributed by atoms with Crippen molar-refractivity contribution < 1.29 is 14.3 Å². The summed E-state index contributed by atoms with van der Waals surface area (Å²) < 4.78 is 10.5. The lowest BCUT2D eigenvalue weighted by molar-refractivity contribution is -0.140. The molecule has 0 heterocycles. The van der Waals surface area contributed by atoms with Crippen LogP contribution in [0.3, 0.4) is 0 Å². The number of carbonyl (C=O) groups excluding carboxylic acids is 1. The van der Waals surface area contributed by atoms with E-state index in [1.807, 2.05) is 26.8 Å². The number of hydrogen-bond acceptors (Lipinski definition) is 3. The quantitative estimate of drug-likeness (QED) is 0.353. The summed E-state index contributed by atoms with van der Waals surface area (Å²) in [6.45, 7) is 9.54. The van der Waals surface area contributed by atoms with Gasteiger partial charge in [-0.3, -0.25) is 0 Å². The smallest absolute Gasteiger partial charge is 0.336 e. The molecule has 0 N–H and O–H groups in total. The van der Waals surface area contributed by atoms with Crippen LogP contribution >= 0.6 is 0 Å². The maximum atomic E-state index is 11.8. The van der Waals surface area contributed by atoms with Crippen LogP contribution in [-0.2, 0) is 14.3 Å². The first-order valence-corrected chi connectivity index (χ1v) is 6.55. The van der Waals surface area contributed by atoms with Gasteiger partial charge in [0.2, 0.25) is 0 Å². The standard InChI is InChI=1S/C14H26O3/c1-5-7-8-9-13(11-16-6-2)14(15)17-10-12(3)4/h9,12H,5-8,10-11H2,1-4H3. The lowest BCUT2D eigenvalue weighted by Gasteiger charge is -2.10. The molecule has 0 radical (unpaired) electrons. The molecule has 3 heteroatoms. The number of allylic oxidation sites excluding steroid dienone is 1. The van der Waals surface area contributed by atoms with Crippen molar-refractivity contribution in [2.24, 2.45) is 5.92 Å². The van der Waals surface area contributed by atoms with Crippen molar-refractivity contribution in [3.05, 3.63) is 11.6 Å². The number of carbonyl (C=O) groups is 1. The predicted octanol–water partition coefficient (Wildman–Crippen LogP) is 3.34. The summed E-state index contributed by atoms with van der Waals surface area (Å²) in [5, 5.41) is 0. The van der Waals surface area contributed by atoms with E-state index < -0.39 is 0 Å². The average molecular weight is 242 g/mol. The molecular formula is C14H26O3. The van der Waals surface area contributed by atoms with E-state index in [0.29, 0.717) is 31.3 Å². The summed E-state index contributed by atoms with van der Waals surface area (Å²) in [5.74, 6) is 0.131. The SMILES string of the molecule is CCCCC=C(COCC)C(=O)OCC(C)C. The fraction of sp³-hybridized carbons (Fsp3) is 0.786. The van der Waals surface area contributed by atoms with Crippen LogP contribution in [0.1, 0.15) is 47.0 Å². The van der Waals surface area contributed by atoms with E-state index in [1.54, 1.807) is 0 Å². The molecule has 0 amide bonds. The molecule has 0 unspecified atom stereocenters. The van der Waals surface area contributed by atoms with Gasteiger partial charge in [0, 0.05) is 6.61 Å². The third kappa shape index (κ3) is 8.93. The van der Waals surface area contributed by atoms with Crippen molar-refractivity contribution in [1.82, 2.24) is 0 Å². The number of ether oxygens (including phenoxy) is 2. The highest BCUT2D eigenvalue weighted by atomic mass is 16.5. The molecule has 3 nitrogen and oxygen atoms in total.